The van der Waals surface area contributed by atoms with Crippen molar-refractivity contribution in [3.8, 4) is 0 Å². The number of benzene rings is 3. The fourth-order valence-electron chi connectivity index (χ4n) is 2.81. The van der Waals surface area contributed by atoms with Gasteiger partial charge >= 0.3 is 0 Å². The van der Waals surface area contributed by atoms with Crippen molar-refractivity contribution in [1.29, 1.82) is 0 Å². The van der Waals surface area contributed by atoms with Crippen molar-refractivity contribution in [2.45, 2.75) is 0 Å². The normalized spacial score (nSPS) is 9.75. The number of amides is 4. The third-order valence-corrected chi connectivity index (χ3v) is 4.33. The molecule has 0 radical (unpaired) electrons. The van der Waals surface area contributed by atoms with Gasteiger partial charge < -0.3 is 0 Å². The van der Waals surface area contributed by atoms with Crippen LogP contribution in [0.5, 0.6) is 0 Å². The van der Waals surface area contributed by atoms with Gasteiger partial charge in [-0.3, -0.25) is 40.9 Å². The first-order valence-electron chi connectivity index (χ1n) is 9.03. The van der Waals surface area contributed by atoms with Crippen molar-refractivity contribution in [3.05, 3.63) is 82.9 Å². The number of hydrogen-bond acceptors (Lipinski definition) is 8. The summed E-state index contributed by atoms with van der Waals surface area (Å²) in [5, 5.41) is 1.28. The van der Waals surface area contributed by atoms with E-state index < -0.39 is 23.6 Å². The van der Waals surface area contributed by atoms with Crippen LogP contribution in [-0.4, -0.2) is 23.6 Å². The Bertz CT molecular complexity index is 1060. The predicted octanol–water partition coefficient (Wildman–Crippen LogP) is -1.06. The third-order valence-electron chi connectivity index (χ3n) is 4.33. The van der Waals surface area contributed by atoms with E-state index >= 15 is 0 Å². The highest BCUT2D eigenvalue weighted by Gasteiger charge is 2.15. The number of carbonyl (C=O) groups excluding carboxylic acids is 4. The average molecular weight is 438 g/mol. The van der Waals surface area contributed by atoms with Gasteiger partial charge in [-0.25, -0.2) is 23.4 Å². The van der Waals surface area contributed by atoms with E-state index in [1.807, 2.05) is 10.9 Å². The molecule has 4 amide bonds. The van der Waals surface area contributed by atoms with E-state index in [9.17, 15) is 19.2 Å². The molecule has 0 bridgehead atoms. The lowest BCUT2D eigenvalue weighted by Gasteiger charge is -2.09. The number of fused-ring (bicyclic) bond motifs is 1. The fraction of sp³-hybridized carbons (Fsp3) is 0. The first-order valence-corrected chi connectivity index (χ1v) is 9.03. The minimum absolute atomic E-state index is 0.328. The second-order valence-corrected chi connectivity index (χ2v) is 6.18. The van der Waals surface area contributed by atoms with Crippen molar-refractivity contribution < 1.29 is 19.2 Å². The first kappa shape index (κ1) is 23.9. The summed E-state index contributed by atoms with van der Waals surface area (Å²) < 4.78 is 0. The number of hydrazine groups is 4. The zero-order valence-corrected chi connectivity index (χ0v) is 16.7. The summed E-state index contributed by atoms with van der Waals surface area (Å²) in [5.74, 6) is 18.4. The van der Waals surface area contributed by atoms with Gasteiger partial charge in [-0.05, 0) is 41.8 Å². The van der Waals surface area contributed by atoms with Crippen LogP contribution < -0.4 is 45.1 Å². The topological polar surface area (TPSA) is 220 Å². The van der Waals surface area contributed by atoms with Crippen LogP contribution in [0.1, 0.15) is 41.4 Å². The Balaban J connectivity index is 0.000000235. The molecule has 3 aromatic carbocycles. The number of nitrogens with two attached hydrogens (primary N) is 4. The molecular weight excluding hydrogens is 416 g/mol. The van der Waals surface area contributed by atoms with Gasteiger partial charge in [0.25, 0.3) is 23.6 Å². The number of nitrogens with one attached hydrogen (secondary N) is 4. The van der Waals surface area contributed by atoms with Gasteiger partial charge in [-0.2, -0.15) is 0 Å². The predicted molar refractivity (Wildman–Crippen MR) is 117 cm³/mol. The molecule has 0 aliphatic heterocycles. The molecule has 12 N–H and O–H groups in total. The molecule has 0 aliphatic rings. The van der Waals surface area contributed by atoms with Gasteiger partial charge in [-0.15, -0.1) is 0 Å². The summed E-state index contributed by atoms with van der Waals surface area (Å²) in [6.07, 6.45) is 0. The smallest absolute Gasteiger partial charge is 0.265 e. The van der Waals surface area contributed by atoms with E-state index in [0.717, 1.165) is 5.39 Å². The van der Waals surface area contributed by atoms with Crippen LogP contribution in [0, 0.1) is 0 Å². The minimum atomic E-state index is -0.460. The van der Waals surface area contributed by atoms with Crippen molar-refractivity contribution in [2.24, 2.45) is 23.4 Å². The maximum Gasteiger partial charge on any atom is 0.265 e. The lowest BCUT2D eigenvalue weighted by Crippen LogP contribution is -2.32. The molecule has 0 aliphatic carbocycles. The standard InChI is InChI=1S/C12H12N4O2.C8H10N4O2/c13-15-11(17)8-5-1-3-7-4-2-6-9(10(7)8)12(18)16-14;9-11-7(13)5-1-2-6(4-3-5)8(14)12-10/h1-6H,13-14H2,(H,15,17)(H,16,18);1-4H,9-10H2,(H,11,13)(H,12,14). The molecule has 0 atom stereocenters. The van der Waals surface area contributed by atoms with Gasteiger partial charge in [0.15, 0.2) is 0 Å². The summed E-state index contributed by atoms with van der Waals surface area (Å²) >= 11 is 0. The van der Waals surface area contributed by atoms with Crippen LogP contribution in [0.3, 0.4) is 0 Å². The van der Waals surface area contributed by atoms with Crippen molar-refractivity contribution in [2.75, 3.05) is 0 Å². The van der Waals surface area contributed by atoms with E-state index in [1.54, 1.807) is 36.4 Å². The van der Waals surface area contributed by atoms with E-state index in [0.29, 0.717) is 27.6 Å². The average Bonchev–Trinajstić information content (AvgIpc) is 2.86. The Morgan fingerprint density at radius 2 is 0.844 bits per heavy atom. The lowest BCUT2D eigenvalue weighted by molar-refractivity contribution is 0.0942. The molecule has 0 saturated carbocycles. The zero-order valence-electron chi connectivity index (χ0n) is 16.7. The molecule has 0 unspecified atom stereocenters. The Morgan fingerprint density at radius 1 is 0.500 bits per heavy atom. The van der Waals surface area contributed by atoms with E-state index in [4.69, 9.17) is 23.4 Å². The first-order chi connectivity index (χ1) is 15.4. The summed E-state index contributed by atoms with van der Waals surface area (Å²) in [6.45, 7) is 0. The molecule has 3 aromatic rings. The highest BCUT2D eigenvalue weighted by atomic mass is 16.2. The quantitative estimate of drug-likeness (QED) is 0.142. The Morgan fingerprint density at radius 3 is 1.16 bits per heavy atom. The van der Waals surface area contributed by atoms with E-state index in [2.05, 4.69) is 10.9 Å². The monoisotopic (exact) mass is 438 g/mol. The van der Waals surface area contributed by atoms with E-state index in [-0.39, 0.29) is 0 Å². The number of hydrogen-bond donors (Lipinski definition) is 8. The molecule has 0 saturated heterocycles. The number of rotatable bonds is 4. The number of carbonyl (C=O) groups is 4. The largest absolute Gasteiger partial charge is 0.290 e. The second-order valence-electron chi connectivity index (χ2n) is 6.18. The molecular formula is C20H22N8O4. The van der Waals surface area contributed by atoms with Gasteiger partial charge in [0.1, 0.15) is 0 Å². The maximum atomic E-state index is 11.7. The van der Waals surface area contributed by atoms with Crippen LogP contribution in [0.15, 0.2) is 60.7 Å². The molecule has 32 heavy (non-hydrogen) atoms. The Hall–Kier alpha value is -4.36. The molecule has 0 heterocycles. The maximum absolute atomic E-state index is 11.7. The third kappa shape index (κ3) is 5.41. The fourth-order valence-corrected chi connectivity index (χ4v) is 2.81. The van der Waals surface area contributed by atoms with Crippen molar-refractivity contribution in [1.82, 2.24) is 21.7 Å². The van der Waals surface area contributed by atoms with Crippen LogP contribution in [-0.2, 0) is 0 Å². The van der Waals surface area contributed by atoms with Crippen molar-refractivity contribution >= 4 is 34.4 Å². The molecule has 166 valence electrons. The molecule has 3 rings (SSSR count). The number of nitrogen functional groups attached to an aromatic ring is 4. The highest BCUT2D eigenvalue weighted by molar-refractivity contribution is 6.15. The SMILES string of the molecule is NNC(=O)c1ccc(C(=O)NN)cc1.NNC(=O)c1cccc2cccc(C(=O)NN)c12. The van der Waals surface area contributed by atoms with E-state index in [1.165, 1.54) is 24.3 Å². The van der Waals surface area contributed by atoms with Crippen molar-refractivity contribution in [3.63, 3.8) is 0 Å². The van der Waals surface area contributed by atoms with Gasteiger partial charge in [0.2, 0.25) is 0 Å². The highest BCUT2D eigenvalue weighted by Crippen LogP contribution is 2.23. The van der Waals surface area contributed by atoms with Gasteiger partial charge in [-0.1, -0.05) is 24.3 Å². The van der Waals surface area contributed by atoms with Gasteiger partial charge in [0.05, 0.1) is 0 Å². The molecule has 12 nitrogen and oxygen atoms in total. The van der Waals surface area contributed by atoms with Gasteiger partial charge in [0, 0.05) is 27.6 Å². The molecule has 0 fully saturated rings. The zero-order chi connectivity index (χ0) is 23.7. The Labute approximate surface area is 182 Å². The van der Waals surface area contributed by atoms with Crippen LogP contribution in [0.2, 0.25) is 0 Å². The Kier molecular flexibility index (Phi) is 8.33. The summed E-state index contributed by atoms with van der Waals surface area (Å²) in [6, 6.07) is 16.1. The molecule has 0 aromatic heterocycles. The molecule has 12 heteroatoms. The second kappa shape index (κ2) is 11.1. The minimum Gasteiger partial charge on any atom is -0.290 e. The summed E-state index contributed by atoms with van der Waals surface area (Å²) in [4.78, 5) is 45.4. The van der Waals surface area contributed by atoms with Crippen LogP contribution in [0.25, 0.3) is 10.8 Å². The summed E-state index contributed by atoms with van der Waals surface area (Å²) in [5.41, 5.74) is 9.48. The van der Waals surface area contributed by atoms with Crippen LogP contribution in [0.4, 0.5) is 0 Å². The summed E-state index contributed by atoms with van der Waals surface area (Å²) in [7, 11) is 0. The molecule has 0 spiro atoms. The van der Waals surface area contributed by atoms with Crippen LogP contribution >= 0.6 is 0 Å². The lowest BCUT2D eigenvalue weighted by atomic mass is 9.98.